The maximum Gasteiger partial charge on any atom is 0.276 e. The van der Waals surface area contributed by atoms with Gasteiger partial charge >= 0.3 is 0 Å². The smallest absolute Gasteiger partial charge is 0.276 e. The van der Waals surface area contributed by atoms with Crippen LogP contribution in [0.5, 0.6) is 0 Å². The number of hydrogen-bond acceptors (Lipinski definition) is 5. The molecule has 3 aromatic rings. The Kier molecular flexibility index (Phi) is 9.00. The van der Waals surface area contributed by atoms with Crippen molar-refractivity contribution in [2.24, 2.45) is 0 Å². The minimum absolute atomic E-state index is 0.0133. The maximum atomic E-state index is 12.1. The normalized spacial score (nSPS) is 20.4. The summed E-state index contributed by atoms with van der Waals surface area (Å²) in [5.41, 5.74) is 3.05. The number of ether oxygens (including phenoxy) is 2. The molecule has 0 bridgehead atoms. The zero-order valence-corrected chi connectivity index (χ0v) is 21.7. The summed E-state index contributed by atoms with van der Waals surface area (Å²) in [6.07, 6.45) is -0.265. The number of amides is 1. The molecule has 1 aliphatic rings. The molecule has 3 atom stereocenters. The van der Waals surface area contributed by atoms with E-state index in [2.05, 4.69) is 17.4 Å². The van der Waals surface area contributed by atoms with Gasteiger partial charge in [-0.25, -0.2) is 0 Å². The Morgan fingerprint density at radius 1 is 0.971 bits per heavy atom. The number of carbonyl (C=O) groups excluding carboxylic acids is 1. The van der Waals surface area contributed by atoms with Gasteiger partial charge in [0.15, 0.2) is 6.29 Å². The zero-order valence-electron chi connectivity index (χ0n) is 18.6. The SMILES string of the molecule is O=C(Nc1cccc([C@@H]2O[C@H](CSc3ccccc3)C[C@H](c3ccc(CO)cc3)O2)c1)C(Cl)(Cl)Cl. The Hall–Kier alpha value is -1.77. The van der Waals surface area contributed by atoms with Crippen molar-refractivity contribution in [3.8, 4) is 0 Å². The fraction of sp³-hybridized carbons (Fsp3) is 0.269. The fourth-order valence-electron chi connectivity index (χ4n) is 3.69. The second-order valence-corrected chi connectivity index (χ2v) is 11.4. The third-order valence-electron chi connectivity index (χ3n) is 5.47. The summed E-state index contributed by atoms with van der Waals surface area (Å²) in [4.78, 5) is 13.3. The van der Waals surface area contributed by atoms with Gasteiger partial charge < -0.3 is 19.9 Å². The summed E-state index contributed by atoms with van der Waals surface area (Å²) in [6, 6.07) is 25.0. The van der Waals surface area contributed by atoms with Gasteiger partial charge in [0, 0.05) is 28.3 Å². The third-order valence-corrected chi connectivity index (χ3v) is 7.13. The quantitative estimate of drug-likeness (QED) is 0.248. The van der Waals surface area contributed by atoms with Crippen LogP contribution in [0.2, 0.25) is 0 Å². The summed E-state index contributed by atoms with van der Waals surface area (Å²) in [5.74, 6) is 0.00261. The van der Waals surface area contributed by atoms with Gasteiger partial charge in [0.2, 0.25) is 0 Å². The Balaban J connectivity index is 1.54. The van der Waals surface area contributed by atoms with Crippen molar-refractivity contribution in [1.82, 2.24) is 0 Å². The van der Waals surface area contributed by atoms with Gasteiger partial charge in [-0.2, -0.15) is 0 Å². The highest BCUT2D eigenvalue weighted by molar-refractivity contribution is 7.99. The van der Waals surface area contributed by atoms with Crippen LogP contribution in [0.3, 0.4) is 0 Å². The molecule has 0 aliphatic carbocycles. The van der Waals surface area contributed by atoms with Crippen LogP contribution in [0.15, 0.2) is 83.8 Å². The second kappa shape index (κ2) is 12.0. The van der Waals surface area contributed by atoms with Gasteiger partial charge in [0.1, 0.15) is 0 Å². The molecule has 1 saturated heterocycles. The number of rotatable bonds is 7. The van der Waals surface area contributed by atoms with Crippen molar-refractivity contribution in [1.29, 1.82) is 0 Å². The van der Waals surface area contributed by atoms with Gasteiger partial charge in [-0.3, -0.25) is 4.79 Å². The summed E-state index contributed by atoms with van der Waals surface area (Å²) in [7, 11) is 0. The average Bonchev–Trinajstić information content (AvgIpc) is 2.87. The lowest BCUT2D eigenvalue weighted by molar-refractivity contribution is -0.245. The molecule has 0 spiro atoms. The number of benzene rings is 3. The highest BCUT2D eigenvalue weighted by Crippen LogP contribution is 2.40. The Morgan fingerprint density at radius 3 is 2.40 bits per heavy atom. The molecular weight excluding hydrogens is 529 g/mol. The largest absolute Gasteiger partial charge is 0.392 e. The van der Waals surface area contributed by atoms with Crippen molar-refractivity contribution in [2.45, 2.75) is 40.2 Å². The number of hydrogen-bond donors (Lipinski definition) is 2. The molecule has 0 aromatic heterocycles. The molecule has 1 aliphatic heterocycles. The molecule has 3 aromatic carbocycles. The summed E-state index contributed by atoms with van der Waals surface area (Å²) in [6.45, 7) is -0.0133. The number of halogens is 3. The van der Waals surface area contributed by atoms with Crippen molar-refractivity contribution >= 4 is 58.2 Å². The number of aliphatic hydroxyl groups is 1. The van der Waals surface area contributed by atoms with E-state index in [-0.39, 0.29) is 18.8 Å². The molecule has 1 fully saturated rings. The van der Waals surface area contributed by atoms with Gasteiger partial charge in [-0.15, -0.1) is 11.8 Å². The van der Waals surface area contributed by atoms with Crippen LogP contribution in [-0.4, -0.2) is 26.7 Å². The van der Waals surface area contributed by atoms with Crippen LogP contribution >= 0.6 is 46.6 Å². The molecule has 1 amide bonds. The van der Waals surface area contributed by atoms with E-state index in [0.29, 0.717) is 12.1 Å². The summed E-state index contributed by atoms with van der Waals surface area (Å²) >= 11 is 18.8. The van der Waals surface area contributed by atoms with E-state index < -0.39 is 16.0 Å². The van der Waals surface area contributed by atoms with Crippen molar-refractivity contribution in [2.75, 3.05) is 11.1 Å². The molecule has 35 heavy (non-hydrogen) atoms. The predicted octanol–water partition coefficient (Wildman–Crippen LogP) is 6.83. The third kappa shape index (κ3) is 7.37. The lowest BCUT2D eigenvalue weighted by Crippen LogP contribution is -2.31. The number of aliphatic hydroxyl groups excluding tert-OH is 1. The second-order valence-electron chi connectivity index (χ2n) is 8.05. The van der Waals surface area contributed by atoms with Crippen LogP contribution < -0.4 is 5.32 Å². The highest BCUT2D eigenvalue weighted by atomic mass is 35.6. The summed E-state index contributed by atoms with van der Waals surface area (Å²) < 4.78 is 10.6. The molecule has 0 radical (unpaired) electrons. The molecular formula is C26H24Cl3NO4S. The number of alkyl halides is 3. The zero-order chi connectivity index (χ0) is 24.8. The van der Waals surface area contributed by atoms with Crippen LogP contribution in [0.1, 0.15) is 35.5 Å². The molecule has 2 N–H and O–H groups in total. The van der Waals surface area contributed by atoms with Crippen LogP contribution in [0.4, 0.5) is 5.69 Å². The monoisotopic (exact) mass is 551 g/mol. The van der Waals surface area contributed by atoms with Gasteiger partial charge in [0.25, 0.3) is 9.70 Å². The number of thioether (sulfide) groups is 1. The van der Waals surface area contributed by atoms with E-state index in [9.17, 15) is 9.90 Å². The van der Waals surface area contributed by atoms with Crippen LogP contribution in [-0.2, 0) is 20.9 Å². The molecule has 9 heteroatoms. The van der Waals surface area contributed by atoms with Crippen molar-refractivity contribution in [3.05, 3.63) is 95.6 Å². The lowest BCUT2D eigenvalue weighted by Gasteiger charge is -2.36. The van der Waals surface area contributed by atoms with E-state index in [1.54, 1.807) is 30.0 Å². The number of nitrogens with one attached hydrogen (secondary N) is 1. The Bertz CT molecular complexity index is 1130. The maximum absolute atomic E-state index is 12.1. The predicted molar refractivity (Wildman–Crippen MR) is 141 cm³/mol. The number of carbonyl (C=O) groups is 1. The first kappa shape index (κ1) is 26.3. The first-order valence-electron chi connectivity index (χ1n) is 11.0. The standard InChI is InChI=1S/C26H24Cl3NO4S/c27-26(28,29)25(32)30-20-6-4-5-19(13-20)24-33-21(16-35-22-7-2-1-3-8-22)14-23(34-24)18-11-9-17(15-31)10-12-18/h1-13,21,23-24,31H,14-16H2,(H,30,32)/t21-,23+,24+/m0/s1. The van der Waals surface area contributed by atoms with Crippen LogP contribution in [0, 0.1) is 0 Å². The van der Waals surface area contributed by atoms with E-state index in [1.165, 1.54) is 4.90 Å². The van der Waals surface area contributed by atoms with E-state index in [0.717, 1.165) is 22.4 Å². The molecule has 1 heterocycles. The highest BCUT2D eigenvalue weighted by Gasteiger charge is 2.33. The van der Waals surface area contributed by atoms with Gasteiger partial charge in [0.05, 0.1) is 18.8 Å². The molecule has 5 nitrogen and oxygen atoms in total. The molecule has 0 unspecified atom stereocenters. The number of anilines is 1. The first-order valence-corrected chi connectivity index (χ1v) is 13.1. The van der Waals surface area contributed by atoms with E-state index in [4.69, 9.17) is 44.3 Å². The minimum atomic E-state index is -2.07. The lowest BCUT2D eigenvalue weighted by atomic mass is 10.0. The Morgan fingerprint density at radius 2 is 1.71 bits per heavy atom. The van der Waals surface area contributed by atoms with E-state index >= 15 is 0 Å². The van der Waals surface area contributed by atoms with Crippen molar-refractivity contribution < 1.29 is 19.4 Å². The molecule has 4 rings (SSSR count). The van der Waals surface area contributed by atoms with Gasteiger partial charge in [-0.05, 0) is 35.4 Å². The van der Waals surface area contributed by atoms with Gasteiger partial charge in [-0.1, -0.05) is 89.4 Å². The summed E-state index contributed by atoms with van der Waals surface area (Å²) in [5, 5.41) is 12.0. The fourth-order valence-corrected chi connectivity index (χ4v) is 4.78. The minimum Gasteiger partial charge on any atom is -0.392 e. The topological polar surface area (TPSA) is 67.8 Å². The van der Waals surface area contributed by atoms with E-state index in [1.807, 2.05) is 48.5 Å². The Labute approximate surface area is 223 Å². The van der Waals surface area contributed by atoms with Crippen LogP contribution in [0.25, 0.3) is 0 Å². The molecule has 184 valence electrons. The molecule has 0 saturated carbocycles. The first-order chi connectivity index (χ1) is 16.8. The average molecular weight is 553 g/mol. The van der Waals surface area contributed by atoms with Crippen molar-refractivity contribution in [3.63, 3.8) is 0 Å².